The van der Waals surface area contributed by atoms with Crippen LogP contribution in [0.5, 0.6) is 0 Å². The van der Waals surface area contributed by atoms with Gasteiger partial charge in [0.25, 0.3) is 0 Å². The first-order valence-electron chi connectivity index (χ1n) is 8.48. The highest BCUT2D eigenvalue weighted by molar-refractivity contribution is 4.94. The molecule has 0 aromatic heterocycles. The van der Waals surface area contributed by atoms with Crippen LogP contribution in [0.15, 0.2) is 0 Å². The summed E-state index contributed by atoms with van der Waals surface area (Å²) in [5, 5.41) is 3.80. The Morgan fingerprint density at radius 3 is 2.68 bits per heavy atom. The Morgan fingerprint density at radius 2 is 2.00 bits per heavy atom. The number of hydrogen-bond donors (Lipinski definition) is 1. The quantitative estimate of drug-likeness (QED) is 0.837. The maximum absolute atomic E-state index is 3.80. The van der Waals surface area contributed by atoms with E-state index in [0.29, 0.717) is 11.5 Å². The van der Waals surface area contributed by atoms with E-state index in [1.807, 2.05) is 0 Å². The molecule has 0 amide bonds. The fraction of sp³-hybridized carbons (Fsp3) is 1.00. The van der Waals surface area contributed by atoms with E-state index < -0.39 is 0 Å². The SMILES string of the molecule is CCNC1C(CN2CCCC(C)C2)CCCC1(C)C. The molecule has 0 aromatic carbocycles. The molecule has 1 aliphatic carbocycles. The fourth-order valence-corrected chi connectivity index (χ4v) is 4.42. The third-order valence-electron chi connectivity index (χ3n) is 5.37. The Hall–Kier alpha value is -0.0800. The van der Waals surface area contributed by atoms with Crippen molar-refractivity contribution in [3.63, 3.8) is 0 Å². The summed E-state index contributed by atoms with van der Waals surface area (Å²) >= 11 is 0. The lowest BCUT2D eigenvalue weighted by Gasteiger charge is -2.46. The van der Waals surface area contributed by atoms with Gasteiger partial charge in [0, 0.05) is 19.1 Å². The molecule has 19 heavy (non-hydrogen) atoms. The average molecular weight is 266 g/mol. The number of nitrogens with one attached hydrogen (secondary N) is 1. The molecule has 2 heteroatoms. The van der Waals surface area contributed by atoms with Gasteiger partial charge in [-0.25, -0.2) is 0 Å². The van der Waals surface area contributed by atoms with Crippen molar-refractivity contribution >= 4 is 0 Å². The van der Waals surface area contributed by atoms with Gasteiger partial charge in [0.05, 0.1) is 0 Å². The van der Waals surface area contributed by atoms with E-state index >= 15 is 0 Å². The Morgan fingerprint density at radius 1 is 1.21 bits per heavy atom. The Bertz CT molecular complexity index is 274. The standard InChI is InChI=1S/C17H34N2/c1-5-18-16-15(9-6-10-17(16,3)4)13-19-11-7-8-14(2)12-19/h14-16,18H,5-13H2,1-4H3. The van der Waals surface area contributed by atoms with Crippen LogP contribution in [0, 0.1) is 17.3 Å². The predicted molar refractivity (Wildman–Crippen MR) is 83.4 cm³/mol. The number of nitrogens with zero attached hydrogens (tertiary/aromatic N) is 1. The summed E-state index contributed by atoms with van der Waals surface area (Å²) in [6.45, 7) is 14.7. The van der Waals surface area contributed by atoms with E-state index in [1.54, 1.807) is 0 Å². The van der Waals surface area contributed by atoms with Gasteiger partial charge in [-0.2, -0.15) is 0 Å². The van der Waals surface area contributed by atoms with E-state index in [4.69, 9.17) is 0 Å². The van der Waals surface area contributed by atoms with Gasteiger partial charge in [-0.15, -0.1) is 0 Å². The summed E-state index contributed by atoms with van der Waals surface area (Å²) in [5.41, 5.74) is 0.473. The van der Waals surface area contributed by atoms with Crippen molar-refractivity contribution in [1.29, 1.82) is 0 Å². The summed E-state index contributed by atoms with van der Waals surface area (Å²) < 4.78 is 0. The van der Waals surface area contributed by atoms with E-state index in [0.717, 1.165) is 18.4 Å². The minimum Gasteiger partial charge on any atom is -0.313 e. The lowest BCUT2D eigenvalue weighted by atomic mass is 9.67. The van der Waals surface area contributed by atoms with Gasteiger partial charge in [-0.1, -0.05) is 34.1 Å². The lowest BCUT2D eigenvalue weighted by Crippen LogP contribution is -2.53. The Labute approximate surface area is 120 Å². The van der Waals surface area contributed by atoms with Gasteiger partial charge in [-0.05, 0) is 56.0 Å². The lowest BCUT2D eigenvalue weighted by molar-refractivity contribution is 0.0663. The normalized spacial score (nSPS) is 36.3. The summed E-state index contributed by atoms with van der Waals surface area (Å²) in [6, 6.07) is 0.712. The van der Waals surface area contributed by atoms with Crippen molar-refractivity contribution in [1.82, 2.24) is 10.2 Å². The largest absolute Gasteiger partial charge is 0.313 e. The third-order valence-corrected chi connectivity index (χ3v) is 5.37. The Balaban J connectivity index is 1.96. The molecule has 2 rings (SSSR count). The van der Waals surface area contributed by atoms with Gasteiger partial charge >= 0.3 is 0 Å². The zero-order chi connectivity index (χ0) is 13.9. The van der Waals surface area contributed by atoms with Crippen LogP contribution in [0.3, 0.4) is 0 Å². The van der Waals surface area contributed by atoms with Crippen molar-refractivity contribution in [2.24, 2.45) is 17.3 Å². The van der Waals surface area contributed by atoms with Crippen LogP contribution in [0.1, 0.15) is 59.8 Å². The highest BCUT2D eigenvalue weighted by Gasteiger charge is 2.39. The Kier molecular flexibility index (Phi) is 5.30. The van der Waals surface area contributed by atoms with Crippen LogP contribution in [0.25, 0.3) is 0 Å². The van der Waals surface area contributed by atoms with Crippen molar-refractivity contribution in [3.8, 4) is 0 Å². The van der Waals surface area contributed by atoms with Crippen molar-refractivity contribution in [2.45, 2.75) is 65.8 Å². The molecule has 3 atom stereocenters. The minimum atomic E-state index is 0.473. The van der Waals surface area contributed by atoms with Crippen LogP contribution in [-0.4, -0.2) is 37.1 Å². The topological polar surface area (TPSA) is 15.3 Å². The number of piperidine rings is 1. The molecule has 0 radical (unpaired) electrons. The van der Waals surface area contributed by atoms with Crippen LogP contribution >= 0.6 is 0 Å². The second-order valence-corrected chi connectivity index (χ2v) is 7.68. The summed E-state index contributed by atoms with van der Waals surface area (Å²) in [6.07, 6.45) is 7.07. The zero-order valence-corrected chi connectivity index (χ0v) is 13.5. The molecule has 1 saturated heterocycles. The van der Waals surface area contributed by atoms with Crippen molar-refractivity contribution in [2.75, 3.05) is 26.2 Å². The maximum atomic E-state index is 3.80. The van der Waals surface area contributed by atoms with Crippen LogP contribution < -0.4 is 5.32 Å². The summed E-state index contributed by atoms with van der Waals surface area (Å²) in [4.78, 5) is 2.74. The van der Waals surface area contributed by atoms with Crippen LogP contribution in [-0.2, 0) is 0 Å². The minimum absolute atomic E-state index is 0.473. The zero-order valence-electron chi connectivity index (χ0n) is 13.5. The molecule has 0 aromatic rings. The van der Waals surface area contributed by atoms with Crippen LogP contribution in [0.4, 0.5) is 0 Å². The van der Waals surface area contributed by atoms with Gasteiger partial charge in [0.1, 0.15) is 0 Å². The van der Waals surface area contributed by atoms with Gasteiger partial charge in [-0.3, -0.25) is 0 Å². The number of rotatable bonds is 4. The molecule has 1 saturated carbocycles. The van der Waals surface area contributed by atoms with E-state index in [1.165, 1.54) is 51.7 Å². The van der Waals surface area contributed by atoms with Crippen LogP contribution in [0.2, 0.25) is 0 Å². The van der Waals surface area contributed by atoms with Crippen molar-refractivity contribution < 1.29 is 0 Å². The smallest absolute Gasteiger partial charge is 0.0159 e. The summed E-state index contributed by atoms with van der Waals surface area (Å²) in [5.74, 6) is 1.76. The molecule has 2 aliphatic rings. The molecule has 3 unspecified atom stereocenters. The second-order valence-electron chi connectivity index (χ2n) is 7.68. The molecule has 112 valence electrons. The maximum Gasteiger partial charge on any atom is 0.0159 e. The number of likely N-dealkylation sites (tertiary alicyclic amines) is 1. The first kappa shape index (κ1) is 15.3. The molecule has 2 fully saturated rings. The second kappa shape index (κ2) is 6.58. The fourth-order valence-electron chi connectivity index (χ4n) is 4.42. The highest BCUT2D eigenvalue weighted by Crippen LogP contribution is 2.39. The molecule has 1 N–H and O–H groups in total. The number of hydrogen-bond acceptors (Lipinski definition) is 2. The summed E-state index contributed by atoms with van der Waals surface area (Å²) in [7, 11) is 0. The molecule has 1 heterocycles. The van der Waals surface area contributed by atoms with Gasteiger partial charge < -0.3 is 10.2 Å². The molecular weight excluding hydrogens is 232 g/mol. The van der Waals surface area contributed by atoms with E-state index in [2.05, 4.69) is 37.9 Å². The van der Waals surface area contributed by atoms with Gasteiger partial charge in [0.2, 0.25) is 0 Å². The molecule has 2 nitrogen and oxygen atoms in total. The van der Waals surface area contributed by atoms with E-state index in [9.17, 15) is 0 Å². The molecule has 0 bridgehead atoms. The monoisotopic (exact) mass is 266 g/mol. The van der Waals surface area contributed by atoms with E-state index in [-0.39, 0.29) is 0 Å². The third kappa shape index (κ3) is 3.95. The molecule has 1 aliphatic heterocycles. The highest BCUT2D eigenvalue weighted by atomic mass is 15.1. The molecule has 0 spiro atoms. The average Bonchev–Trinajstić information content (AvgIpc) is 2.33. The van der Waals surface area contributed by atoms with Crippen molar-refractivity contribution in [3.05, 3.63) is 0 Å². The first-order valence-corrected chi connectivity index (χ1v) is 8.48. The van der Waals surface area contributed by atoms with Gasteiger partial charge in [0.15, 0.2) is 0 Å². The molecular formula is C17H34N2. The first-order chi connectivity index (χ1) is 9.03. The predicted octanol–water partition coefficient (Wildman–Crippen LogP) is 3.52.